The number of amides is 1. The number of ether oxygens (including phenoxy) is 1. The molecule has 1 aromatic carbocycles. The second-order valence-electron chi connectivity index (χ2n) is 9.06. The van der Waals surface area contributed by atoms with Crippen LogP contribution in [0.15, 0.2) is 35.4 Å². The van der Waals surface area contributed by atoms with Gasteiger partial charge in [0.25, 0.3) is 5.91 Å². The molecule has 0 saturated carbocycles. The highest BCUT2D eigenvalue weighted by Crippen LogP contribution is 2.39. The Bertz CT molecular complexity index is 967. The summed E-state index contributed by atoms with van der Waals surface area (Å²) in [6, 6.07) is 4.54. The van der Waals surface area contributed by atoms with Crippen molar-refractivity contribution in [3.8, 4) is 0 Å². The lowest BCUT2D eigenvalue weighted by Gasteiger charge is -2.29. The molecule has 28 heavy (non-hydrogen) atoms. The number of nitrogens with one attached hydrogen (secondary N) is 1. The summed E-state index contributed by atoms with van der Waals surface area (Å²) in [4.78, 5) is 12.3. The fraction of sp³-hybridized carbons (Fsp3) is 0.417. The van der Waals surface area contributed by atoms with Crippen molar-refractivity contribution in [1.82, 2.24) is 5.73 Å². The van der Waals surface area contributed by atoms with Gasteiger partial charge in [0.15, 0.2) is 0 Å². The van der Waals surface area contributed by atoms with E-state index >= 15 is 0 Å². The molecule has 0 spiro atoms. The first-order valence-electron chi connectivity index (χ1n) is 9.78. The van der Waals surface area contributed by atoms with Crippen molar-refractivity contribution in [1.29, 1.82) is 0 Å². The standard InChI is InChI=1S/C24H30NO2Si/c1-14-10-15-12-16(24(2,3)4)13-19(18(15)11-14)21-17(23(25)26)8-9-20(27-5)22(21)28(6)7/h8-10,12-13,20,25H,11H2,1-7H3. The SMILES string of the molecule is COC1C=CC(C([NH])=O)=C(c2cc(C(C)(C)C)cc3c2CC(C)=C3)C1=[Si](C)C. The zero-order valence-electron chi connectivity index (χ0n) is 18.0. The van der Waals surface area contributed by atoms with E-state index in [0.29, 0.717) is 5.57 Å². The fourth-order valence-corrected chi connectivity index (χ4v) is 5.69. The Morgan fingerprint density at radius 2 is 1.93 bits per heavy atom. The molecule has 1 amide bonds. The summed E-state index contributed by atoms with van der Waals surface area (Å²) in [5.41, 5.74) is 15.6. The van der Waals surface area contributed by atoms with Gasteiger partial charge in [-0.05, 0) is 57.8 Å². The van der Waals surface area contributed by atoms with Gasteiger partial charge in [0.1, 0.15) is 0 Å². The zero-order chi connectivity index (χ0) is 20.8. The van der Waals surface area contributed by atoms with E-state index in [0.717, 1.165) is 17.6 Å². The predicted octanol–water partition coefficient (Wildman–Crippen LogP) is 4.60. The van der Waals surface area contributed by atoms with Crippen molar-refractivity contribution in [3.05, 3.63) is 57.7 Å². The Labute approximate surface area is 170 Å². The van der Waals surface area contributed by atoms with Crippen LogP contribution < -0.4 is 5.73 Å². The summed E-state index contributed by atoms with van der Waals surface area (Å²) in [6.45, 7) is 13.3. The Kier molecular flexibility index (Phi) is 5.48. The number of rotatable bonds is 3. The first-order valence-corrected chi connectivity index (χ1v) is 12.3. The van der Waals surface area contributed by atoms with Crippen molar-refractivity contribution >= 4 is 31.1 Å². The number of hydrogen-bond donors (Lipinski definition) is 0. The van der Waals surface area contributed by atoms with Crippen molar-refractivity contribution in [2.75, 3.05) is 7.11 Å². The number of hydrogen-bond acceptors (Lipinski definition) is 2. The lowest BCUT2D eigenvalue weighted by Crippen LogP contribution is -2.32. The summed E-state index contributed by atoms with van der Waals surface area (Å²) in [7, 11) is 0.811. The number of benzene rings is 1. The van der Waals surface area contributed by atoms with Crippen LogP contribution in [0.5, 0.6) is 0 Å². The molecule has 0 saturated heterocycles. The Balaban J connectivity index is 2.40. The van der Waals surface area contributed by atoms with E-state index in [1.807, 2.05) is 6.08 Å². The van der Waals surface area contributed by atoms with Crippen LogP contribution in [0.2, 0.25) is 13.1 Å². The lowest BCUT2D eigenvalue weighted by molar-refractivity contribution is -0.114. The van der Waals surface area contributed by atoms with Gasteiger partial charge in [0.2, 0.25) is 0 Å². The topological polar surface area (TPSA) is 50.1 Å². The highest BCUT2D eigenvalue weighted by molar-refractivity contribution is 6.78. The van der Waals surface area contributed by atoms with E-state index in [9.17, 15) is 4.79 Å². The fourth-order valence-electron chi connectivity index (χ4n) is 4.13. The van der Waals surface area contributed by atoms with Gasteiger partial charge >= 0.3 is 0 Å². The van der Waals surface area contributed by atoms with Crippen LogP contribution in [-0.4, -0.2) is 32.7 Å². The third-order valence-electron chi connectivity index (χ3n) is 5.58. The average Bonchev–Trinajstić information content (AvgIpc) is 2.98. The van der Waals surface area contributed by atoms with Crippen LogP contribution >= 0.6 is 0 Å². The second-order valence-corrected chi connectivity index (χ2v) is 11.6. The number of carbonyl (C=O) groups excluding carboxylic acids is 1. The van der Waals surface area contributed by atoms with Gasteiger partial charge in [-0.1, -0.05) is 63.7 Å². The molecule has 0 aromatic heterocycles. The van der Waals surface area contributed by atoms with Crippen LogP contribution in [0, 0.1) is 0 Å². The maximum Gasteiger partial charge on any atom is 0.270 e. The monoisotopic (exact) mass is 392 g/mol. The minimum absolute atomic E-state index is 0.00263. The van der Waals surface area contributed by atoms with Gasteiger partial charge in [0, 0.05) is 21.1 Å². The van der Waals surface area contributed by atoms with E-state index in [1.54, 1.807) is 13.2 Å². The summed E-state index contributed by atoms with van der Waals surface area (Å²) < 4.78 is 5.76. The molecule has 1 radical (unpaired) electrons. The normalized spacial score (nSPS) is 19.0. The highest BCUT2D eigenvalue weighted by atomic mass is 28.2. The Morgan fingerprint density at radius 3 is 2.46 bits per heavy atom. The van der Waals surface area contributed by atoms with Crippen LogP contribution in [0.4, 0.5) is 0 Å². The number of carbonyl (C=O) groups is 1. The number of fused-ring (bicyclic) bond motifs is 1. The number of methoxy groups -OCH3 is 1. The van der Waals surface area contributed by atoms with E-state index in [1.165, 1.54) is 27.4 Å². The van der Waals surface area contributed by atoms with Gasteiger partial charge in [-0.25, -0.2) is 0 Å². The van der Waals surface area contributed by atoms with E-state index < -0.39 is 14.3 Å². The molecule has 147 valence electrons. The molecule has 0 bridgehead atoms. The molecule has 3 nitrogen and oxygen atoms in total. The lowest BCUT2D eigenvalue weighted by atomic mass is 9.80. The third kappa shape index (κ3) is 3.63. The largest absolute Gasteiger partial charge is 0.373 e. The molecule has 2 aliphatic rings. The molecule has 4 heteroatoms. The summed E-state index contributed by atoms with van der Waals surface area (Å²) in [5.74, 6) is -0.626. The van der Waals surface area contributed by atoms with E-state index in [4.69, 9.17) is 10.5 Å². The van der Waals surface area contributed by atoms with Gasteiger partial charge in [-0.3, -0.25) is 10.5 Å². The minimum atomic E-state index is -0.904. The second kappa shape index (κ2) is 7.41. The number of allylic oxidation sites excluding steroid dienone is 1. The molecule has 1 aromatic rings. The average molecular weight is 393 g/mol. The van der Waals surface area contributed by atoms with Crippen molar-refractivity contribution in [2.24, 2.45) is 0 Å². The van der Waals surface area contributed by atoms with Gasteiger partial charge in [0.05, 0.1) is 6.10 Å². The molecular weight excluding hydrogens is 362 g/mol. The van der Waals surface area contributed by atoms with Crippen molar-refractivity contribution in [2.45, 2.75) is 58.7 Å². The molecule has 0 aliphatic heterocycles. The predicted molar refractivity (Wildman–Crippen MR) is 120 cm³/mol. The smallest absolute Gasteiger partial charge is 0.270 e. The van der Waals surface area contributed by atoms with Gasteiger partial charge in [-0.15, -0.1) is 0 Å². The maximum absolute atomic E-state index is 12.3. The molecule has 1 N–H and O–H groups in total. The minimum Gasteiger partial charge on any atom is -0.373 e. The van der Waals surface area contributed by atoms with Crippen LogP contribution in [0.1, 0.15) is 49.9 Å². The first kappa shape index (κ1) is 20.7. The Morgan fingerprint density at radius 1 is 1.25 bits per heavy atom. The van der Waals surface area contributed by atoms with E-state index in [-0.39, 0.29) is 11.5 Å². The summed E-state index contributed by atoms with van der Waals surface area (Å²) in [5, 5.41) is 1.18. The van der Waals surface area contributed by atoms with Crippen LogP contribution in [-0.2, 0) is 21.4 Å². The van der Waals surface area contributed by atoms with Crippen molar-refractivity contribution < 1.29 is 9.53 Å². The summed E-state index contributed by atoms with van der Waals surface area (Å²) >= 11 is 0. The van der Waals surface area contributed by atoms with Crippen molar-refractivity contribution in [3.63, 3.8) is 0 Å². The van der Waals surface area contributed by atoms with Crippen LogP contribution in [0.3, 0.4) is 0 Å². The molecule has 3 rings (SSSR count). The van der Waals surface area contributed by atoms with E-state index in [2.05, 4.69) is 59.0 Å². The van der Waals surface area contributed by atoms with Crippen LogP contribution in [0.25, 0.3) is 11.6 Å². The maximum atomic E-state index is 12.3. The van der Waals surface area contributed by atoms with Gasteiger partial charge in [-0.2, -0.15) is 0 Å². The molecule has 2 aliphatic carbocycles. The third-order valence-corrected chi connectivity index (χ3v) is 7.19. The molecule has 0 heterocycles. The molecular formula is C24H30NO2Si. The van der Waals surface area contributed by atoms with Gasteiger partial charge < -0.3 is 4.74 Å². The quantitative estimate of drug-likeness (QED) is 0.706. The molecule has 1 atom stereocenters. The highest BCUT2D eigenvalue weighted by Gasteiger charge is 2.31. The molecule has 0 fully saturated rings. The summed E-state index contributed by atoms with van der Waals surface area (Å²) in [6.07, 6.45) is 6.73. The Hall–Kier alpha value is -2.04. The first-order chi connectivity index (χ1) is 13.0. The zero-order valence-corrected chi connectivity index (χ0v) is 19.0. The molecule has 1 unspecified atom stereocenters.